The number of benzene rings is 2. The van der Waals surface area contributed by atoms with Crippen LogP contribution in [-0.2, 0) is 33.2 Å². The Morgan fingerprint density at radius 1 is 0.938 bits per heavy atom. The molecule has 0 bridgehead atoms. The summed E-state index contributed by atoms with van der Waals surface area (Å²) in [5.41, 5.74) is 0.986. The predicted octanol–water partition coefficient (Wildman–Crippen LogP) is 3.53. The fourth-order valence-corrected chi connectivity index (χ4v) is 5.16. The van der Waals surface area contributed by atoms with Gasteiger partial charge in [-0.05, 0) is 48.4 Å². The van der Waals surface area contributed by atoms with Crippen LogP contribution in [0.2, 0.25) is 0 Å². The van der Waals surface area contributed by atoms with Gasteiger partial charge in [0.2, 0.25) is 10.0 Å². The van der Waals surface area contributed by atoms with Gasteiger partial charge < -0.3 is 4.74 Å². The van der Waals surface area contributed by atoms with Gasteiger partial charge in [-0.25, -0.2) is 17.5 Å². The third-order valence-corrected chi connectivity index (χ3v) is 7.20. The zero-order chi connectivity index (χ0) is 23.4. The molecule has 1 heterocycles. The van der Waals surface area contributed by atoms with Crippen LogP contribution in [0.25, 0.3) is 0 Å². The van der Waals surface area contributed by atoms with E-state index in [-0.39, 0.29) is 5.75 Å². The zero-order valence-corrected chi connectivity index (χ0v) is 18.5. The molecule has 0 atom stereocenters. The average molecular weight is 471 g/mol. The fraction of sp³-hybridized carbons (Fsp3) is 0.409. The van der Waals surface area contributed by atoms with E-state index in [0.717, 1.165) is 17.7 Å². The van der Waals surface area contributed by atoms with Crippen LogP contribution in [0.15, 0.2) is 48.5 Å². The molecule has 1 fully saturated rings. The molecule has 6 nitrogen and oxygen atoms in total. The van der Waals surface area contributed by atoms with E-state index in [1.54, 1.807) is 12.1 Å². The summed E-state index contributed by atoms with van der Waals surface area (Å²) in [5.74, 6) is -0.659. The summed E-state index contributed by atoms with van der Waals surface area (Å²) in [6.45, 7) is 2.29. The number of carbonyl (C=O) groups is 1. The largest absolute Gasteiger partial charge is 0.465 e. The number of nitrogens with zero attached hydrogens (tertiary/aromatic N) is 2. The second-order valence-corrected chi connectivity index (χ2v) is 9.64. The van der Waals surface area contributed by atoms with E-state index in [4.69, 9.17) is 0 Å². The number of halogens is 3. The first kappa shape index (κ1) is 24.2. The highest BCUT2D eigenvalue weighted by Gasteiger charge is 2.30. The van der Waals surface area contributed by atoms with Crippen LogP contribution < -0.4 is 0 Å². The van der Waals surface area contributed by atoms with Gasteiger partial charge >= 0.3 is 12.1 Å². The lowest BCUT2D eigenvalue weighted by molar-refractivity contribution is -0.137. The molecule has 2 aromatic rings. The standard InChI is InChI=1S/C22H25F3N2O4S/c1-31-21(28)19-7-3-18(4-8-19)16-32(29,30)27-12-2-11-26(13-14-27)15-17-5-9-20(10-6-17)22(23,24)25/h3-10H,2,11-16H2,1H3. The summed E-state index contributed by atoms with van der Waals surface area (Å²) in [5, 5.41) is 0. The van der Waals surface area contributed by atoms with E-state index in [1.165, 1.54) is 35.7 Å². The van der Waals surface area contributed by atoms with Crippen LogP contribution in [0, 0.1) is 0 Å². The second-order valence-electron chi connectivity index (χ2n) is 7.67. The van der Waals surface area contributed by atoms with Crippen molar-refractivity contribution >= 4 is 16.0 Å². The molecule has 0 aliphatic carbocycles. The number of hydrogen-bond acceptors (Lipinski definition) is 5. The lowest BCUT2D eigenvalue weighted by Gasteiger charge is -2.22. The quantitative estimate of drug-likeness (QED) is 0.605. The van der Waals surface area contributed by atoms with Crippen LogP contribution >= 0.6 is 0 Å². The van der Waals surface area contributed by atoms with Gasteiger partial charge in [-0.2, -0.15) is 13.2 Å². The Labute approximate surface area is 185 Å². The summed E-state index contributed by atoms with van der Waals surface area (Å²) in [6, 6.07) is 11.3. The highest BCUT2D eigenvalue weighted by molar-refractivity contribution is 7.88. The summed E-state index contributed by atoms with van der Waals surface area (Å²) in [6.07, 6.45) is -3.74. The lowest BCUT2D eigenvalue weighted by atomic mass is 10.1. The molecular weight excluding hydrogens is 445 g/mol. The van der Waals surface area contributed by atoms with Crippen molar-refractivity contribution in [3.05, 3.63) is 70.8 Å². The fourth-order valence-electron chi connectivity index (χ4n) is 3.60. The second kappa shape index (κ2) is 10.0. The van der Waals surface area contributed by atoms with Gasteiger partial charge in [-0.1, -0.05) is 24.3 Å². The Balaban J connectivity index is 1.58. The Hall–Kier alpha value is -2.43. The molecule has 0 amide bonds. The number of hydrogen-bond donors (Lipinski definition) is 0. The van der Waals surface area contributed by atoms with Gasteiger partial charge in [0.25, 0.3) is 0 Å². The van der Waals surface area contributed by atoms with Gasteiger partial charge in [-0.3, -0.25) is 4.90 Å². The molecule has 174 valence electrons. The van der Waals surface area contributed by atoms with E-state index in [1.807, 2.05) is 4.90 Å². The molecule has 0 saturated carbocycles. The molecule has 0 unspecified atom stereocenters. The highest BCUT2D eigenvalue weighted by Crippen LogP contribution is 2.29. The van der Waals surface area contributed by atoms with Crippen molar-refractivity contribution in [3.8, 4) is 0 Å². The first-order valence-electron chi connectivity index (χ1n) is 10.1. The van der Waals surface area contributed by atoms with Gasteiger partial charge in [0, 0.05) is 26.2 Å². The minimum Gasteiger partial charge on any atom is -0.465 e. The van der Waals surface area contributed by atoms with Crippen LogP contribution in [0.1, 0.15) is 33.5 Å². The van der Waals surface area contributed by atoms with Crippen molar-refractivity contribution in [1.82, 2.24) is 9.21 Å². The predicted molar refractivity (Wildman–Crippen MR) is 113 cm³/mol. The van der Waals surface area contributed by atoms with Crippen molar-refractivity contribution in [3.63, 3.8) is 0 Å². The average Bonchev–Trinajstić information content (AvgIpc) is 2.99. The van der Waals surface area contributed by atoms with Crippen molar-refractivity contribution in [2.24, 2.45) is 0 Å². The van der Waals surface area contributed by atoms with Crippen molar-refractivity contribution < 1.29 is 31.1 Å². The molecule has 0 spiro atoms. The van der Waals surface area contributed by atoms with Crippen LogP contribution in [0.5, 0.6) is 0 Å². The Morgan fingerprint density at radius 2 is 1.56 bits per heavy atom. The van der Waals surface area contributed by atoms with Gasteiger partial charge in [0.15, 0.2) is 0 Å². The Bertz CT molecular complexity index is 1020. The smallest absolute Gasteiger partial charge is 0.416 e. The van der Waals surface area contributed by atoms with Crippen molar-refractivity contribution in [2.45, 2.75) is 24.9 Å². The number of sulfonamides is 1. The molecule has 32 heavy (non-hydrogen) atoms. The topological polar surface area (TPSA) is 66.9 Å². The maximum atomic E-state index is 12.9. The Kier molecular flexibility index (Phi) is 7.58. The normalized spacial score (nSPS) is 16.5. The monoisotopic (exact) mass is 470 g/mol. The van der Waals surface area contributed by atoms with Crippen molar-refractivity contribution in [2.75, 3.05) is 33.3 Å². The summed E-state index contributed by atoms with van der Waals surface area (Å²) < 4.78 is 70.0. The molecule has 0 aromatic heterocycles. The third kappa shape index (κ3) is 6.30. The molecule has 2 aromatic carbocycles. The molecule has 1 aliphatic rings. The Morgan fingerprint density at radius 3 is 2.16 bits per heavy atom. The summed E-state index contributed by atoms with van der Waals surface area (Å²) in [4.78, 5) is 13.6. The van der Waals surface area contributed by atoms with Gasteiger partial charge in [-0.15, -0.1) is 0 Å². The number of alkyl halides is 3. The SMILES string of the molecule is COC(=O)c1ccc(CS(=O)(=O)N2CCCN(Cc3ccc(C(F)(F)F)cc3)CC2)cc1. The van der Waals surface area contributed by atoms with E-state index in [9.17, 15) is 26.4 Å². The molecule has 0 N–H and O–H groups in total. The zero-order valence-electron chi connectivity index (χ0n) is 17.6. The molecule has 0 radical (unpaired) electrons. The van der Waals surface area contributed by atoms with Gasteiger partial charge in [0.05, 0.1) is 24.0 Å². The minimum atomic E-state index is -4.37. The molecule has 1 saturated heterocycles. The summed E-state index contributed by atoms with van der Waals surface area (Å²) in [7, 11) is -2.27. The minimum absolute atomic E-state index is 0.173. The third-order valence-electron chi connectivity index (χ3n) is 5.35. The number of carbonyl (C=O) groups excluding carboxylic acids is 1. The first-order valence-corrected chi connectivity index (χ1v) is 11.7. The highest BCUT2D eigenvalue weighted by atomic mass is 32.2. The lowest BCUT2D eigenvalue weighted by Crippen LogP contribution is -2.35. The number of rotatable bonds is 6. The molecule has 1 aliphatic heterocycles. The molecule has 3 rings (SSSR count). The van der Waals surface area contributed by atoms with Crippen molar-refractivity contribution in [1.29, 1.82) is 0 Å². The number of ether oxygens (including phenoxy) is 1. The van der Waals surface area contributed by atoms with Crippen LogP contribution in [0.4, 0.5) is 13.2 Å². The molecular formula is C22H25F3N2O4S. The van der Waals surface area contributed by atoms with E-state index >= 15 is 0 Å². The van der Waals surface area contributed by atoms with Gasteiger partial charge in [0.1, 0.15) is 0 Å². The summed E-state index contributed by atoms with van der Waals surface area (Å²) >= 11 is 0. The first-order chi connectivity index (χ1) is 15.1. The number of methoxy groups -OCH3 is 1. The van der Waals surface area contributed by atoms with E-state index in [0.29, 0.717) is 50.3 Å². The van der Waals surface area contributed by atoms with Crippen LogP contribution in [-0.4, -0.2) is 56.9 Å². The maximum absolute atomic E-state index is 12.9. The van der Waals surface area contributed by atoms with E-state index in [2.05, 4.69) is 4.74 Å². The van der Waals surface area contributed by atoms with Crippen LogP contribution in [0.3, 0.4) is 0 Å². The molecule has 10 heteroatoms. The maximum Gasteiger partial charge on any atom is 0.416 e. The number of esters is 1. The van der Waals surface area contributed by atoms with E-state index < -0.39 is 27.7 Å².